The summed E-state index contributed by atoms with van der Waals surface area (Å²) in [6.07, 6.45) is 7.58. The van der Waals surface area contributed by atoms with Gasteiger partial charge in [-0.3, -0.25) is 4.90 Å². The minimum Gasteiger partial charge on any atom is -0.491 e. The fourth-order valence-corrected chi connectivity index (χ4v) is 4.68. The van der Waals surface area contributed by atoms with E-state index in [1.165, 1.54) is 37.9 Å². The van der Waals surface area contributed by atoms with E-state index in [1.807, 2.05) is 18.3 Å². The second kappa shape index (κ2) is 10.7. The molecule has 34 heavy (non-hydrogen) atoms. The first-order valence-corrected chi connectivity index (χ1v) is 12.2. The first kappa shape index (κ1) is 22.4. The summed E-state index contributed by atoms with van der Waals surface area (Å²) < 4.78 is 5.58. The third-order valence-electron chi connectivity index (χ3n) is 6.57. The quantitative estimate of drug-likeness (QED) is 0.570. The average Bonchev–Trinajstić information content (AvgIpc) is 2.91. The maximum Gasteiger partial charge on any atom is 0.229 e. The SMILES string of the molecule is COc1cnc(Nc2ccc(CN3CCCCC3)cc2)nc1N1CCN(c2ccccn2)CC1. The number of piperidine rings is 1. The maximum atomic E-state index is 5.58. The van der Waals surface area contributed by atoms with Gasteiger partial charge in [0.05, 0.1) is 13.3 Å². The van der Waals surface area contributed by atoms with E-state index in [9.17, 15) is 0 Å². The molecule has 0 spiro atoms. The van der Waals surface area contributed by atoms with Crippen LogP contribution in [0.5, 0.6) is 5.75 Å². The van der Waals surface area contributed by atoms with Crippen molar-refractivity contribution >= 4 is 23.3 Å². The number of nitrogens with zero attached hydrogens (tertiary/aromatic N) is 6. The molecule has 2 aliphatic heterocycles. The second-order valence-electron chi connectivity index (χ2n) is 8.91. The molecule has 8 nitrogen and oxygen atoms in total. The van der Waals surface area contributed by atoms with E-state index in [-0.39, 0.29) is 0 Å². The third-order valence-corrected chi connectivity index (χ3v) is 6.57. The molecule has 0 radical (unpaired) electrons. The summed E-state index contributed by atoms with van der Waals surface area (Å²) in [4.78, 5) is 20.9. The van der Waals surface area contributed by atoms with Crippen molar-refractivity contribution in [3.63, 3.8) is 0 Å². The number of rotatable bonds is 7. The van der Waals surface area contributed by atoms with Crippen molar-refractivity contribution in [2.75, 3.05) is 61.5 Å². The minimum absolute atomic E-state index is 0.576. The van der Waals surface area contributed by atoms with Gasteiger partial charge >= 0.3 is 0 Å². The van der Waals surface area contributed by atoms with Gasteiger partial charge in [0.1, 0.15) is 5.82 Å². The topological polar surface area (TPSA) is 69.7 Å². The van der Waals surface area contributed by atoms with Crippen LogP contribution in [0, 0.1) is 0 Å². The second-order valence-corrected chi connectivity index (χ2v) is 8.91. The Morgan fingerprint density at radius 2 is 1.62 bits per heavy atom. The Labute approximate surface area is 201 Å². The highest BCUT2D eigenvalue weighted by Crippen LogP contribution is 2.28. The first-order chi connectivity index (χ1) is 16.8. The zero-order chi connectivity index (χ0) is 23.2. The summed E-state index contributed by atoms with van der Waals surface area (Å²) in [7, 11) is 1.67. The lowest BCUT2D eigenvalue weighted by Gasteiger charge is -2.36. The number of hydrogen-bond acceptors (Lipinski definition) is 8. The predicted molar refractivity (Wildman–Crippen MR) is 136 cm³/mol. The Bertz CT molecular complexity index is 1050. The fraction of sp³-hybridized carbons (Fsp3) is 0.423. The molecule has 178 valence electrons. The van der Waals surface area contributed by atoms with Crippen LogP contribution in [0.1, 0.15) is 24.8 Å². The molecule has 1 N–H and O–H groups in total. The van der Waals surface area contributed by atoms with Gasteiger partial charge in [-0.05, 0) is 55.8 Å². The molecule has 0 atom stereocenters. The highest BCUT2D eigenvalue weighted by molar-refractivity contribution is 5.60. The first-order valence-electron chi connectivity index (χ1n) is 12.2. The van der Waals surface area contributed by atoms with Gasteiger partial charge in [-0.15, -0.1) is 0 Å². The minimum atomic E-state index is 0.576. The summed E-state index contributed by atoms with van der Waals surface area (Å²) in [5.41, 5.74) is 2.33. The molecule has 0 unspecified atom stereocenters. The summed E-state index contributed by atoms with van der Waals surface area (Å²) in [5, 5.41) is 3.36. The molecule has 5 rings (SSSR count). The molecule has 2 aromatic heterocycles. The lowest BCUT2D eigenvalue weighted by Crippen LogP contribution is -2.47. The van der Waals surface area contributed by atoms with Crippen LogP contribution < -0.4 is 19.9 Å². The van der Waals surface area contributed by atoms with Crippen molar-refractivity contribution < 1.29 is 4.74 Å². The summed E-state index contributed by atoms with van der Waals surface area (Å²) >= 11 is 0. The van der Waals surface area contributed by atoms with Gasteiger partial charge in [-0.2, -0.15) is 4.98 Å². The molecule has 0 bridgehead atoms. The third kappa shape index (κ3) is 5.39. The Kier molecular flexibility index (Phi) is 7.05. The van der Waals surface area contributed by atoms with E-state index in [4.69, 9.17) is 9.72 Å². The molecule has 3 aromatic rings. The van der Waals surface area contributed by atoms with Crippen LogP contribution in [-0.2, 0) is 6.54 Å². The van der Waals surface area contributed by atoms with Crippen molar-refractivity contribution in [2.45, 2.75) is 25.8 Å². The Balaban J connectivity index is 1.23. The number of aromatic nitrogens is 3. The van der Waals surface area contributed by atoms with E-state index in [2.05, 4.69) is 60.3 Å². The molecule has 2 aliphatic rings. The van der Waals surface area contributed by atoms with Crippen LogP contribution in [-0.4, -0.2) is 66.2 Å². The molecule has 4 heterocycles. The number of methoxy groups -OCH3 is 1. The average molecular weight is 460 g/mol. The highest BCUT2D eigenvalue weighted by atomic mass is 16.5. The number of anilines is 4. The number of benzene rings is 1. The molecule has 1 aromatic carbocycles. The Morgan fingerprint density at radius 3 is 2.32 bits per heavy atom. The summed E-state index contributed by atoms with van der Waals surface area (Å²) in [6.45, 7) is 6.88. The van der Waals surface area contributed by atoms with Crippen LogP contribution in [0.4, 0.5) is 23.3 Å². The van der Waals surface area contributed by atoms with E-state index < -0.39 is 0 Å². The van der Waals surface area contributed by atoms with E-state index in [0.29, 0.717) is 11.7 Å². The van der Waals surface area contributed by atoms with E-state index in [1.54, 1.807) is 13.3 Å². The number of hydrogen-bond donors (Lipinski definition) is 1. The monoisotopic (exact) mass is 459 g/mol. The molecule has 0 saturated carbocycles. The number of piperazine rings is 1. The normalized spacial score (nSPS) is 17.0. The van der Waals surface area contributed by atoms with Crippen LogP contribution in [0.3, 0.4) is 0 Å². The molecule has 0 amide bonds. The Hall–Kier alpha value is -3.39. The number of pyridine rings is 1. The smallest absolute Gasteiger partial charge is 0.229 e. The van der Waals surface area contributed by atoms with Gasteiger partial charge in [-0.25, -0.2) is 9.97 Å². The van der Waals surface area contributed by atoms with E-state index in [0.717, 1.165) is 50.0 Å². The van der Waals surface area contributed by atoms with Crippen molar-refractivity contribution in [3.8, 4) is 5.75 Å². The zero-order valence-corrected chi connectivity index (χ0v) is 19.9. The van der Waals surface area contributed by atoms with Gasteiger partial charge in [-0.1, -0.05) is 24.6 Å². The molecule has 2 fully saturated rings. The van der Waals surface area contributed by atoms with Gasteiger partial charge in [0.15, 0.2) is 11.6 Å². The number of nitrogens with one attached hydrogen (secondary N) is 1. The molecule has 0 aliphatic carbocycles. The highest BCUT2D eigenvalue weighted by Gasteiger charge is 2.22. The maximum absolute atomic E-state index is 5.58. The lowest BCUT2D eigenvalue weighted by atomic mass is 10.1. The summed E-state index contributed by atoms with van der Waals surface area (Å²) in [6, 6.07) is 14.6. The van der Waals surface area contributed by atoms with Gasteiger partial charge in [0.25, 0.3) is 0 Å². The molecule has 2 saturated heterocycles. The van der Waals surface area contributed by atoms with Crippen LogP contribution >= 0.6 is 0 Å². The predicted octanol–water partition coefficient (Wildman–Crippen LogP) is 3.94. The molecular formula is C26H33N7O. The van der Waals surface area contributed by atoms with Gasteiger partial charge in [0.2, 0.25) is 5.95 Å². The number of likely N-dealkylation sites (tertiary alicyclic amines) is 1. The van der Waals surface area contributed by atoms with E-state index >= 15 is 0 Å². The van der Waals surface area contributed by atoms with Crippen molar-refractivity contribution in [1.82, 2.24) is 19.9 Å². The van der Waals surface area contributed by atoms with Crippen molar-refractivity contribution in [3.05, 3.63) is 60.4 Å². The van der Waals surface area contributed by atoms with Crippen molar-refractivity contribution in [2.24, 2.45) is 0 Å². The fourth-order valence-electron chi connectivity index (χ4n) is 4.68. The Morgan fingerprint density at radius 1 is 0.853 bits per heavy atom. The summed E-state index contributed by atoms with van der Waals surface area (Å²) in [5.74, 6) is 3.10. The standard InChI is InChI=1S/C26H33N7O/c1-34-23-19-28-26(29-22-10-8-21(9-11-22)20-31-13-5-2-6-14-31)30-25(23)33-17-15-32(16-18-33)24-7-3-4-12-27-24/h3-4,7-12,19H,2,5-6,13-18,20H2,1H3,(H,28,29,30). The van der Waals surface area contributed by atoms with Gasteiger partial charge < -0.3 is 19.9 Å². The van der Waals surface area contributed by atoms with Gasteiger partial charge in [0, 0.05) is 44.6 Å². The largest absolute Gasteiger partial charge is 0.491 e. The van der Waals surface area contributed by atoms with Crippen molar-refractivity contribution in [1.29, 1.82) is 0 Å². The van der Waals surface area contributed by atoms with Crippen LogP contribution in [0.2, 0.25) is 0 Å². The molecule has 8 heteroatoms. The lowest BCUT2D eigenvalue weighted by molar-refractivity contribution is 0.221. The van der Waals surface area contributed by atoms with Crippen LogP contribution in [0.25, 0.3) is 0 Å². The number of ether oxygens (including phenoxy) is 1. The van der Waals surface area contributed by atoms with Crippen LogP contribution in [0.15, 0.2) is 54.9 Å². The zero-order valence-electron chi connectivity index (χ0n) is 19.9. The molecular weight excluding hydrogens is 426 g/mol.